The van der Waals surface area contributed by atoms with Crippen molar-refractivity contribution in [2.75, 3.05) is 0 Å². The predicted molar refractivity (Wildman–Crippen MR) is 43.7 cm³/mol. The number of hydrogen-bond acceptors (Lipinski definition) is 1. The molecule has 1 nitrogen and oxygen atoms in total. The van der Waals surface area contributed by atoms with Gasteiger partial charge in [0.05, 0.1) is 11.5 Å². The van der Waals surface area contributed by atoms with Crippen LogP contribution in [0.1, 0.15) is 33.1 Å². The Morgan fingerprint density at radius 2 is 2.18 bits per heavy atom. The van der Waals surface area contributed by atoms with Crippen LogP contribution in [0.3, 0.4) is 0 Å². The lowest BCUT2D eigenvalue weighted by atomic mass is 9.69. The van der Waals surface area contributed by atoms with Crippen LogP contribution >= 0.6 is 0 Å². The molecule has 11 heavy (non-hydrogen) atoms. The highest BCUT2D eigenvalue weighted by Gasteiger charge is 2.53. The molecular formula is C10H15N. The Bertz CT molecular complexity index is 211. The molecule has 0 amide bonds. The molecule has 2 bridgehead atoms. The zero-order valence-electron chi connectivity index (χ0n) is 7.30. The summed E-state index contributed by atoms with van der Waals surface area (Å²) in [6.45, 7) is 4.41. The monoisotopic (exact) mass is 149 g/mol. The Balaban J connectivity index is 2.32. The summed E-state index contributed by atoms with van der Waals surface area (Å²) in [6.07, 6.45) is 4.01. The molecule has 0 N–H and O–H groups in total. The van der Waals surface area contributed by atoms with Crippen molar-refractivity contribution in [1.29, 1.82) is 5.26 Å². The minimum Gasteiger partial charge on any atom is -0.198 e. The first-order chi connectivity index (χ1) is 5.18. The molecule has 2 aliphatic carbocycles. The van der Waals surface area contributed by atoms with Crippen LogP contribution in [0.2, 0.25) is 0 Å². The third-order valence-corrected chi connectivity index (χ3v) is 4.22. The van der Waals surface area contributed by atoms with Crippen LogP contribution in [0.15, 0.2) is 0 Å². The second kappa shape index (κ2) is 2.00. The van der Waals surface area contributed by atoms with E-state index < -0.39 is 0 Å². The van der Waals surface area contributed by atoms with E-state index in [-0.39, 0.29) is 5.41 Å². The van der Waals surface area contributed by atoms with Gasteiger partial charge in [-0.25, -0.2) is 0 Å². The quantitative estimate of drug-likeness (QED) is 0.519. The van der Waals surface area contributed by atoms with Gasteiger partial charge >= 0.3 is 0 Å². The van der Waals surface area contributed by atoms with Crippen LogP contribution in [-0.2, 0) is 0 Å². The molecule has 2 aliphatic rings. The van der Waals surface area contributed by atoms with E-state index in [1.807, 2.05) is 0 Å². The summed E-state index contributed by atoms with van der Waals surface area (Å²) in [5, 5.41) is 9.07. The van der Waals surface area contributed by atoms with Gasteiger partial charge in [0.1, 0.15) is 0 Å². The molecule has 2 fully saturated rings. The zero-order valence-corrected chi connectivity index (χ0v) is 7.30. The maximum absolute atomic E-state index is 9.07. The van der Waals surface area contributed by atoms with Gasteiger partial charge in [0.15, 0.2) is 0 Å². The summed E-state index contributed by atoms with van der Waals surface area (Å²) < 4.78 is 0. The summed E-state index contributed by atoms with van der Waals surface area (Å²) in [5.74, 6) is 2.23. The van der Waals surface area contributed by atoms with E-state index in [4.69, 9.17) is 5.26 Å². The average Bonchev–Trinajstić information content (AvgIpc) is 2.56. The maximum atomic E-state index is 9.07. The first-order valence-corrected chi connectivity index (χ1v) is 4.59. The fourth-order valence-electron chi connectivity index (χ4n) is 3.07. The number of nitrogens with zero attached hydrogens (tertiary/aromatic N) is 1. The summed E-state index contributed by atoms with van der Waals surface area (Å²) >= 11 is 0. The lowest BCUT2D eigenvalue weighted by Gasteiger charge is -2.32. The molecule has 4 atom stereocenters. The van der Waals surface area contributed by atoms with Crippen LogP contribution in [-0.4, -0.2) is 0 Å². The predicted octanol–water partition coefficient (Wildman–Crippen LogP) is 2.58. The molecule has 0 spiro atoms. The Labute approximate surface area is 68.4 Å². The van der Waals surface area contributed by atoms with Crippen molar-refractivity contribution in [3.63, 3.8) is 0 Å². The van der Waals surface area contributed by atoms with E-state index >= 15 is 0 Å². The van der Waals surface area contributed by atoms with E-state index in [1.165, 1.54) is 19.3 Å². The summed E-state index contributed by atoms with van der Waals surface area (Å²) in [6, 6.07) is 2.52. The van der Waals surface area contributed by atoms with Crippen molar-refractivity contribution >= 4 is 0 Å². The Hall–Kier alpha value is -0.510. The molecule has 0 radical (unpaired) electrons. The smallest absolute Gasteiger partial charge is 0.0692 e. The molecule has 0 heterocycles. The third-order valence-electron chi connectivity index (χ3n) is 4.22. The third kappa shape index (κ3) is 0.704. The molecule has 4 unspecified atom stereocenters. The Morgan fingerprint density at radius 1 is 1.45 bits per heavy atom. The van der Waals surface area contributed by atoms with E-state index in [9.17, 15) is 0 Å². The highest BCUT2D eigenvalue weighted by molar-refractivity contribution is 5.12. The van der Waals surface area contributed by atoms with Crippen LogP contribution in [0.25, 0.3) is 0 Å². The highest BCUT2D eigenvalue weighted by Crippen LogP contribution is 2.58. The minimum atomic E-state index is 0.0168. The largest absolute Gasteiger partial charge is 0.198 e. The molecule has 1 heteroatoms. The SMILES string of the molecule is CC1C2CCC(C2)C1(C)C#N. The van der Waals surface area contributed by atoms with Gasteiger partial charge in [0, 0.05) is 0 Å². The van der Waals surface area contributed by atoms with Crippen molar-refractivity contribution in [1.82, 2.24) is 0 Å². The fourth-order valence-corrected chi connectivity index (χ4v) is 3.07. The van der Waals surface area contributed by atoms with Crippen LogP contribution in [0.5, 0.6) is 0 Å². The topological polar surface area (TPSA) is 23.8 Å². The standard InChI is InChI=1S/C10H15N/c1-7-8-3-4-9(5-8)10(7,2)6-11/h7-9H,3-5H2,1-2H3. The van der Waals surface area contributed by atoms with Crippen molar-refractivity contribution in [2.24, 2.45) is 23.2 Å². The van der Waals surface area contributed by atoms with Crippen LogP contribution in [0, 0.1) is 34.5 Å². The second-order valence-electron chi connectivity index (χ2n) is 4.45. The van der Waals surface area contributed by atoms with Gasteiger partial charge < -0.3 is 0 Å². The van der Waals surface area contributed by atoms with Gasteiger partial charge in [0.25, 0.3) is 0 Å². The molecular weight excluding hydrogens is 134 g/mol. The molecule has 0 aromatic heterocycles. The lowest BCUT2D eigenvalue weighted by molar-refractivity contribution is 0.181. The number of nitriles is 1. The lowest BCUT2D eigenvalue weighted by Crippen LogP contribution is -2.29. The summed E-state index contributed by atoms with van der Waals surface area (Å²) in [5.41, 5.74) is 0.0168. The van der Waals surface area contributed by atoms with Crippen molar-refractivity contribution in [2.45, 2.75) is 33.1 Å². The van der Waals surface area contributed by atoms with Gasteiger partial charge in [-0.2, -0.15) is 5.26 Å². The van der Waals surface area contributed by atoms with Gasteiger partial charge in [-0.3, -0.25) is 0 Å². The number of rotatable bonds is 0. The number of fused-ring (bicyclic) bond motifs is 2. The van der Waals surface area contributed by atoms with E-state index in [0.717, 1.165) is 5.92 Å². The Morgan fingerprint density at radius 3 is 2.55 bits per heavy atom. The van der Waals surface area contributed by atoms with Gasteiger partial charge in [0.2, 0.25) is 0 Å². The normalized spacial score (nSPS) is 54.5. The zero-order chi connectivity index (χ0) is 8.06. The van der Waals surface area contributed by atoms with Crippen LogP contribution < -0.4 is 0 Å². The van der Waals surface area contributed by atoms with E-state index in [0.29, 0.717) is 11.8 Å². The summed E-state index contributed by atoms with van der Waals surface area (Å²) in [7, 11) is 0. The fraction of sp³-hybridized carbons (Fsp3) is 0.900. The van der Waals surface area contributed by atoms with Crippen molar-refractivity contribution in [3.05, 3.63) is 0 Å². The second-order valence-corrected chi connectivity index (χ2v) is 4.45. The van der Waals surface area contributed by atoms with Crippen LogP contribution in [0.4, 0.5) is 0 Å². The van der Waals surface area contributed by atoms with Gasteiger partial charge in [-0.1, -0.05) is 6.92 Å². The van der Waals surface area contributed by atoms with E-state index in [2.05, 4.69) is 19.9 Å². The van der Waals surface area contributed by atoms with Gasteiger partial charge in [-0.15, -0.1) is 0 Å². The molecule has 2 rings (SSSR count). The highest BCUT2D eigenvalue weighted by atomic mass is 14.6. The molecule has 0 aromatic rings. The van der Waals surface area contributed by atoms with E-state index in [1.54, 1.807) is 0 Å². The molecule has 0 saturated heterocycles. The average molecular weight is 149 g/mol. The maximum Gasteiger partial charge on any atom is 0.0692 e. The summed E-state index contributed by atoms with van der Waals surface area (Å²) in [4.78, 5) is 0. The molecule has 0 aromatic carbocycles. The first-order valence-electron chi connectivity index (χ1n) is 4.59. The van der Waals surface area contributed by atoms with Gasteiger partial charge in [-0.05, 0) is 43.9 Å². The molecule has 0 aliphatic heterocycles. The minimum absolute atomic E-state index is 0.0168. The molecule has 60 valence electrons. The van der Waals surface area contributed by atoms with Crippen molar-refractivity contribution in [3.8, 4) is 6.07 Å². The first kappa shape index (κ1) is 7.16. The van der Waals surface area contributed by atoms with Crippen molar-refractivity contribution < 1.29 is 0 Å². The number of hydrogen-bond donors (Lipinski definition) is 0. The Kier molecular flexibility index (Phi) is 1.30. The molecule has 2 saturated carbocycles.